The normalized spacial score (nSPS) is 11.6. The Hall–Kier alpha value is -7.63. The van der Waals surface area contributed by atoms with Crippen molar-refractivity contribution in [1.82, 2.24) is 19.5 Å². The van der Waals surface area contributed by atoms with Gasteiger partial charge in [-0.2, -0.15) is 0 Å². The summed E-state index contributed by atoms with van der Waals surface area (Å²) in [6.45, 7) is 4.43. The molecule has 0 aliphatic carbocycles. The number of aromatic nitrogens is 4. The van der Waals surface area contributed by atoms with E-state index in [1.807, 2.05) is 72.8 Å². The number of hydrogen-bond donors (Lipinski definition) is 0. The Bertz CT molecular complexity index is 3290. The Morgan fingerprint density at radius 2 is 0.931 bits per heavy atom. The molecule has 58 heavy (non-hydrogen) atoms. The fourth-order valence-corrected chi connectivity index (χ4v) is 8.54. The molecule has 0 bridgehead atoms. The standard InChI is InChI=1S/C53H36N4O/c1-33-30-43(34(2)29-42(33)37-25-27-47-44(31-37)40-21-12-13-23-46(40)57(47)39-19-10-5-11-20-39)38-26-28-48-45(32-38)50-41(22-14-24-49(50)58-48)53-55-51(35-15-6-3-7-16-35)54-52(56-53)36-17-8-4-9-18-36/h3-32H,1-2H3. The summed E-state index contributed by atoms with van der Waals surface area (Å²) in [7, 11) is 0. The first-order valence-electron chi connectivity index (χ1n) is 19.6. The highest BCUT2D eigenvalue weighted by Gasteiger charge is 2.20. The van der Waals surface area contributed by atoms with Crippen LogP contribution in [0.2, 0.25) is 0 Å². The van der Waals surface area contributed by atoms with E-state index in [4.69, 9.17) is 19.4 Å². The second-order valence-electron chi connectivity index (χ2n) is 14.9. The Kier molecular flexibility index (Phi) is 7.86. The van der Waals surface area contributed by atoms with Crippen LogP contribution < -0.4 is 0 Å². The Balaban J connectivity index is 1.03. The molecule has 0 atom stereocenters. The zero-order valence-corrected chi connectivity index (χ0v) is 32.0. The Morgan fingerprint density at radius 1 is 0.379 bits per heavy atom. The van der Waals surface area contributed by atoms with E-state index in [-0.39, 0.29) is 0 Å². The van der Waals surface area contributed by atoms with Crippen LogP contribution in [0.1, 0.15) is 11.1 Å². The highest BCUT2D eigenvalue weighted by Crippen LogP contribution is 2.41. The van der Waals surface area contributed by atoms with E-state index in [0.717, 1.165) is 49.9 Å². The van der Waals surface area contributed by atoms with Crippen molar-refractivity contribution in [1.29, 1.82) is 0 Å². The second-order valence-corrected chi connectivity index (χ2v) is 14.9. The molecule has 0 fully saturated rings. The highest BCUT2D eigenvalue weighted by atomic mass is 16.3. The van der Waals surface area contributed by atoms with Crippen molar-refractivity contribution in [2.45, 2.75) is 13.8 Å². The summed E-state index contributed by atoms with van der Waals surface area (Å²) in [6, 6.07) is 63.7. The summed E-state index contributed by atoms with van der Waals surface area (Å²) in [5.74, 6) is 1.86. The summed E-state index contributed by atoms with van der Waals surface area (Å²) < 4.78 is 8.85. The van der Waals surface area contributed by atoms with Crippen LogP contribution in [0, 0.1) is 13.8 Å². The maximum absolute atomic E-state index is 6.49. The van der Waals surface area contributed by atoms with Crippen LogP contribution in [0.15, 0.2) is 186 Å². The molecular weight excluding hydrogens is 709 g/mol. The van der Waals surface area contributed by atoms with E-state index in [0.29, 0.717) is 17.5 Å². The predicted octanol–water partition coefficient (Wildman–Crippen LogP) is 13.8. The fraction of sp³-hybridized carbons (Fsp3) is 0.0377. The molecule has 11 rings (SSSR count). The number of nitrogens with zero attached hydrogens (tertiary/aromatic N) is 4. The van der Waals surface area contributed by atoms with Crippen LogP contribution in [0.3, 0.4) is 0 Å². The lowest BCUT2D eigenvalue weighted by Gasteiger charge is -2.14. The molecule has 0 saturated carbocycles. The molecular formula is C53H36N4O. The van der Waals surface area contributed by atoms with Gasteiger partial charge in [0.15, 0.2) is 17.5 Å². The first-order valence-corrected chi connectivity index (χ1v) is 19.6. The monoisotopic (exact) mass is 744 g/mol. The van der Waals surface area contributed by atoms with E-state index < -0.39 is 0 Å². The molecule has 0 aliphatic heterocycles. The summed E-state index contributed by atoms with van der Waals surface area (Å²) in [5, 5.41) is 4.50. The van der Waals surface area contributed by atoms with Crippen molar-refractivity contribution in [3.63, 3.8) is 0 Å². The Labute approximate surface area is 335 Å². The van der Waals surface area contributed by atoms with Gasteiger partial charge in [0, 0.05) is 43.9 Å². The van der Waals surface area contributed by atoms with Crippen LogP contribution in [0.25, 0.3) is 106 Å². The van der Waals surface area contributed by atoms with Gasteiger partial charge >= 0.3 is 0 Å². The number of furan rings is 1. The lowest BCUT2D eigenvalue weighted by molar-refractivity contribution is 0.669. The predicted molar refractivity (Wildman–Crippen MR) is 238 cm³/mol. The van der Waals surface area contributed by atoms with Crippen molar-refractivity contribution >= 4 is 43.7 Å². The molecule has 0 N–H and O–H groups in total. The van der Waals surface area contributed by atoms with Crippen molar-refractivity contribution < 1.29 is 4.42 Å². The molecule has 5 heteroatoms. The first kappa shape index (κ1) is 33.7. The van der Waals surface area contributed by atoms with Gasteiger partial charge in [-0.15, -0.1) is 0 Å². The number of hydrogen-bond acceptors (Lipinski definition) is 4. The average molecular weight is 745 g/mol. The van der Waals surface area contributed by atoms with Crippen LogP contribution in [0.4, 0.5) is 0 Å². The number of rotatable bonds is 6. The average Bonchev–Trinajstić information content (AvgIpc) is 3.83. The SMILES string of the molecule is Cc1cc(-c2ccc3c(c2)c2ccccc2n3-c2ccccc2)c(C)cc1-c1ccc2oc3cccc(-c4nc(-c5ccccc5)nc(-c5ccccc5)n4)c3c2c1. The minimum absolute atomic E-state index is 0.603. The smallest absolute Gasteiger partial charge is 0.164 e. The van der Waals surface area contributed by atoms with Crippen LogP contribution in [-0.2, 0) is 0 Å². The van der Waals surface area contributed by atoms with E-state index in [1.54, 1.807) is 0 Å². The van der Waals surface area contributed by atoms with Gasteiger partial charge in [-0.1, -0.05) is 133 Å². The molecule has 0 aliphatic rings. The summed E-state index contributed by atoms with van der Waals surface area (Å²) in [6.07, 6.45) is 0. The highest BCUT2D eigenvalue weighted by molar-refractivity contribution is 6.13. The molecule has 0 amide bonds. The van der Waals surface area contributed by atoms with E-state index in [1.165, 1.54) is 49.6 Å². The van der Waals surface area contributed by atoms with E-state index in [2.05, 4.69) is 128 Å². The lowest BCUT2D eigenvalue weighted by atomic mass is 9.91. The fourth-order valence-electron chi connectivity index (χ4n) is 8.54. The molecule has 3 heterocycles. The maximum atomic E-state index is 6.49. The number of fused-ring (bicyclic) bond motifs is 6. The van der Waals surface area contributed by atoms with Crippen molar-refractivity contribution in [3.8, 4) is 62.1 Å². The molecule has 0 spiro atoms. The van der Waals surface area contributed by atoms with Crippen molar-refractivity contribution in [2.75, 3.05) is 0 Å². The van der Waals surface area contributed by atoms with Crippen LogP contribution >= 0.6 is 0 Å². The number of benzene rings is 8. The minimum atomic E-state index is 0.603. The molecule has 8 aromatic carbocycles. The third-order valence-corrected chi connectivity index (χ3v) is 11.3. The van der Waals surface area contributed by atoms with Gasteiger partial charge in [0.1, 0.15) is 11.2 Å². The zero-order chi connectivity index (χ0) is 38.7. The molecule has 11 aromatic rings. The molecule has 0 saturated heterocycles. The summed E-state index contributed by atoms with van der Waals surface area (Å²) >= 11 is 0. The third-order valence-electron chi connectivity index (χ3n) is 11.3. The maximum Gasteiger partial charge on any atom is 0.164 e. The van der Waals surface area contributed by atoms with E-state index >= 15 is 0 Å². The van der Waals surface area contributed by atoms with Gasteiger partial charge in [0.2, 0.25) is 0 Å². The zero-order valence-electron chi connectivity index (χ0n) is 32.0. The number of para-hydroxylation sites is 2. The quantitative estimate of drug-likeness (QED) is 0.170. The molecule has 274 valence electrons. The van der Waals surface area contributed by atoms with Crippen molar-refractivity contribution in [3.05, 3.63) is 193 Å². The topological polar surface area (TPSA) is 56.7 Å². The molecule has 5 nitrogen and oxygen atoms in total. The van der Waals surface area contributed by atoms with Gasteiger partial charge in [-0.25, -0.2) is 15.0 Å². The van der Waals surface area contributed by atoms with Gasteiger partial charge in [0.05, 0.1) is 11.0 Å². The first-order chi connectivity index (χ1) is 28.6. The van der Waals surface area contributed by atoms with Gasteiger partial charge < -0.3 is 8.98 Å². The summed E-state index contributed by atoms with van der Waals surface area (Å²) in [5.41, 5.74) is 15.1. The van der Waals surface area contributed by atoms with Gasteiger partial charge in [0.25, 0.3) is 0 Å². The second kappa shape index (κ2) is 13.5. The lowest BCUT2D eigenvalue weighted by Crippen LogP contribution is -2.00. The molecule has 0 unspecified atom stereocenters. The minimum Gasteiger partial charge on any atom is -0.456 e. The van der Waals surface area contributed by atoms with Crippen molar-refractivity contribution in [2.24, 2.45) is 0 Å². The number of aryl methyl sites for hydroxylation is 2. The van der Waals surface area contributed by atoms with Gasteiger partial charge in [-0.05, 0) is 95.8 Å². The Morgan fingerprint density at radius 3 is 1.60 bits per heavy atom. The van der Waals surface area contributed by atoms with E-state index in [9.17, 15) is 0 Å². The molecule has 3 aromatic heterocycles. The van der Waals surface area contributed by atoms with Gasteiger partial charge in [-0.3, -0.25) is 0 Å². The van der Waals surface area contributed by atoms with Crippen LogP contribution in [-0.4, -0.2) is 19.5 Å². The summed E-state index contributed by atoms with van der Waals surface area (Å²) in [4.78, 5) is 15.1. The van der Waals surface area contributed by atoms with Crippen LogP contribution in [0.5, 0.6) is 0 Å². The molecule has 0 radical (unpaired) electrons. The largest absolute Gasteiger partial charge is 0.456 e. The third kappa shape index (κ3) is 5.59.